The number of carbonyl (C=O) groups excluding carboxylic acids is 1. The summed E-state index contributed by atoms with van der Waals surface area (Å²) in [6, 6.07) is 6.52. The van der Waals surface area contributed by atoms with E-state index in [0.717, 1.165) is 29.1 Å². The van der Waals surface area contributed by atoms with Crippen molar-refractivity contribution in [3.8, 4) is 0 Å². The molecule has 1 aromatic carbocycles. The highest BCUT2D eigenvalue weighted by molar-refractivity contribution is 7.89. The first-order valence-corrected chi connectivity index (χ1v) is 11.2. The van der Waals surface area contributed by atoms with E-state index < -0.39 is 16.1 Å². The summed E-state index contributed by atoms with van der Waals surface area (Å²) in [6.45, 7) is 4.22. The zero-order valence-corrected chi connectivity index (χ0v) is 16.8. The predicted molar refractivity (Wildman–Crippen MR) is 103 cm³/mol. The van der Waals surface area contributed by atoms with Crippen molar-refractivity contribution >= 4 is 16.1 Å². The maximum atomic E-state index is 12.6. The third-order valence-corrected chi connectivity index (χ3v) is 6.58. The molecule has 2 rings (SSSR count). The van der Waals surface area contributed by atoms with Gasteiger partial charge in [-0.15, -0.1) is 0 Å². The Bertz CT molecular complexity index is 670. The smallest absolute Gasteiger partial charge is 0.424 e. The van der Waals surface area contributed by atoms with Crippen LogP contribution in [0.4, 0.5) is 4.79 Å². The van der Waals surface area contributed by atoms with Gasteiger partial charge in [0.1, 0.15) is 6.10 Å². The van der Waals surface area contributed by atoms with Gasteiger partial charge in [0.25, 0.3) is 10.0 Å². The highest BCUT2D eigenvalue weighted by Crippen LogP contribution is 2.25. The van der Waals surface area contributed by atoms with Gasteiger partial charge in [-0.1, -0.05) is 69.6 Å². The first-order chi connectivity index (χ1) is 12.4. The molecule has 0 spiro atoms. The molecule has 1 fully saturated rings. The lowest BCUT2D eigenvalue weighted by molar-refractivity contribution is 0.131. The number of cyclic esters (lactones) is 1. The molecule has 0 aliphatic carbocycles. The van der Waals surface area contributed by atoms with Crippen molar-refractivity contribution in [3.05, 3.63) is 29.8 Å². The van der Waals surface area contributed by atoms with E-state index in [4.69, 9.17) is 4.74 Å². The molecule has 1 unspecified atom stereocenters. The van der Waals surface area contributed by atoms with Crippen LogP contribution in [0.3, 0.4) is 0 Å². The van der Waals surface area contributed by atoms with Crippen molar-refractivity contribution in [1.29, 1.82) is 0 Å². The lowest BCUT2D eigenvalue weighted by Crippen LogP contribution is -2.32. The molecule has 1 amide bonds. The molecule has 1 aliphatic rings. The number of hydrogen-bond donors (Lipinski definition) is 0. The summed E-state index contributed by atoms with van der Waals surface area (Å²) in [5.41, 5.74) is 0.973. The Morgan fingerprint density at radius 3 is 2.19 bits per heavy atom. The monoisotopic (exact) mass is 381 g/mol. The van der Waals surface area contributed by atoms with Crippen molar-refractivity contribution < 1.29 is 17.9 Å². The lowest BCUT2D eigenvalue weighted by Gasteiger charge is -2.13. The predicted octanol–water partition coefficient (Wildman–Crippen LogP) is 5.04. The minimum Gasteiger partial charge on any atom is -0.443 e. The maximum Gasteiger partial charge on any atom is 0.424 e. The van der Waals surface area contributed by atoms with E-state index in [0.29, 0.717) is 0 Å². The van der Waals surface area contributed by atoms with Gasteiger partial charge in [-0.2, -0.15) is 4.31 Å². The SMILES string of the molecule is CCCCCCCCCCC1CN(S(=O)(=O)c2ccc(C)cc2)C(=O)O1. The normalized spacial score (nSPS) is 17.5. The number of aryl methyl sites for hydroxylation is 1. The van der Waals surface area contributed by atoms with Crippen LogP contribution < -0.4 is 0 Å². The Kier molecular flexibility index (Phi) is 7.94. The molecule has 146 valence electrons. The van der Waals surface area contributed by atoms with Gasteiger partial charge >= 0.3 is 6.09 Å². The summed E-state index contributed by atoms with van der Waals surface area (Å²) in [5.74, 6) is 0. The summed E-state index contributed by atoms with van der Waals surface area (Å²) in [7, 11) is -3.83. The van der Waals surface area contributed by atoms with Crippen molar-refractivity contribution in [1.82, 2.24) is 4.31 Å². The third kappa shape index (κ3) is 5.73. The van der Waals surface area contributed by atoms with Crippen LogP contribution in [0.5, 0.6) is 0 Å². The molecule has 0 bridgehead atoms. The molecule has 0 saturated carbocycles. The van der Waals surface area contributed by atoms with Gasteiger partial charge in [0, 0.05) is 0 Å². The first kappa shape index (κ1) is 20.7. The molecule has 1 saturated heterocycles. The number of nitrogens with zero attached hydrogens (tertiary/aromatic N) is 1. The molecule has 1 aromatic rings. The molecule has 1 aliphatic heterocycles. The quantitative estimate of drug-likeness (QED) is 0.504. The summed E-state index contributed by atoms with van der Waals surface area (Å²) in [5, 5.41) is 0. The molecule has 5 nitrogen and oxygen atoms in total. The summed E-state index contributed by atoms with van der Waals surface area (Å²) >= 11 is 0. The van der Waals surface area contributed by atoms with E-state index in [2.05, 4.69) is 6.92 Å². The van der Waals surface area contributed by atoms with Crippen molar-refractivity contribution in [2.45, 2.75) is 82.6 Å². The van der Waals surface area contributed by atoms with Gasteiger partial charge < -0.3 is 4.74 Å². The topological polar surface area (TPSA) is 63.7 Å². The molecule has 0 aromatic heterocycles. The Balaban J connectivity index is 1.76. The molecule has 0 N–H and O–H groups in total. The van der Waals surface area contributed by atoms with Crippen LogP contribution in [0.15, 0.2) is 29.2 Å². The Hall–Kier alpha value is -1.56. The number of amides is 1. The lowest BCUT2D eigenvalue weighted by atomic mass is 10.1. The molecule has 0 radical (unpaired) electrons. The largest absolute Gasteiger partial charge is 0.443 e. The van der Waals surface area contributed by atoms with E-state index in [1.807, 2.05) is 6.92 Å². The molecular weight excluding hydrogens is 350 g/mol. The zero-order valence-electron chi connectivity index (χ0n) is 15.9. The first-order valence-electron chi connectivity index (χ1n) is 9.75. The molecule has 6 heteroatoms. The molecular formula is C20H31NO4S. The summed E-state index contributed by atoms with van der Waals surface area (Å²) in [4.78, 5) is 12.2. The van der Waals surface area contributed by atoms with Crippen LogP contribution in [0, 0.1) is 6.92 Å². The third-order valence-electron chi connectivity index (χ3n) is 4.83. The van der Waals surface area contributed by atoms with Gasteiger partial charge in [0.05, 0.1) is 11.4 Å². The van der Waals surface area contributed by atoms with E-state index >= 15 is 0 Å². The minimum absolute atomic E-state index is 0.117. The number of rotatable bonds is 11. The van der Waals surface area contributed by atoms with E-state index in [-0.39, 0.29) is 17.5 Å². The number of ether oxygens (including phenoxy) is 1. The summed E-state index contributed by atoms with van der Waals surface area (Å²) < 4.78 is 31.4. The van der Waals surface area contributed by atoms with Gasteiger partial charge in [0.15, 0.2) is 0 Å². The molecule has 1 heterocycles. The Morgan fingerprint density at radius 1 is 1.00 bits per heavy atom. The number of sulfonamides is 1. The van der Waals surface area contributed by atoms with Crippen LogP contribution >= 0.6 is 0 Å². The summed E-state index contributed by atoms with van der Waals surface area (Å²) in [6.07, 6.45) is 9.30. The van der Waals surface area contributed by atoms with Crippen molar-refractivity contribution in [3.63, 3.8) is 0 Å². The molecule has 1 atom stereocenters. The average Bonchev–Trinajstić information content (AvgIpc) is 2.99. The highest BCUT2D eigenvalue weighted by atomic mass is 32.2. The number of carbonyl (C=O) groups is 1. The van der Waals surface area contributed by atoms with Crippen LogP contribution in [0.2, 0.25) is 0 Å². The van der Waals surface area contributed by atoms with Crippen LogP contribution in [0.25, 0.3) is 0 Å². The van der Waals surface area contributed by atoms with Gasteiger partial charge in [-0.05, 0) is 31.9 Å². The maximum absolute atomic E-state index is 12.6. The standard InChI is InChI=1S/C20H31NO4S/c1-3-4-5-6-7-8-9-10-11-18-16-21(20(22)25-18)26(23,24)19-14-12-17(2)13-15-19/h12-15,18H,3-11,16H2,1-2H3. The number of benzene rings is 1. The van der Waals surface area contributed by atoms with Crippen LogP contribution in [-0.4, -0.2) is 31.5 Å². The Labute approximate surface area is 157 Å². The van der Waals surface area contributed by atoms with E-state index in [9.17, 15) is 13.2 Å². The van der Waals surface area contributed by atoms with E-state index in [1.54, 1.807) is 12.1 Å². The fraction of sp³-hybridized carbons (Fsp3) is 0.650. The van der Waals surface area contributed by atoms with Gasteiger partial charge in [-0.3, -0.25) is 0 Å². The fourth-order valence-corrected chi connectivity index (χ4v) is 4.52. The van der Waals surface area contributed by atoms with E-state index in [1.165, 1.54) is 50.7 Å². The fourth-order valence-electron chi connectivity index (χ4n) is 3.19. The average molecular weight is 382 g/mol. The van der Waals surface area contributed by atoms with Gasteiger partial charge in [0.2, 0.25) is 0 Å². The number of hydrogen-bond acceptors (Lipinski definition) is 4. The van der Waals surface area contributed by atoms with Crippen LogP contribution in [0.1, 0.15) is 70.3 Å². The number of unbranched alkanes of at least 4 members (excludes halogenated alkanes) is 7. The molecule has 26 heavy (non-hydrogen) atoms. The Morgan fingerprint density at radius 2 is 1.58 bits per heavy atom. The van der Waals surface area contributed by atoms with Crippen molar-refractivity contribution in [2.24, 2.45) is 0 Å². The minimum atomic E-state index is -3.83. The van der Waals surface area contributed by atoms with Crippen molar-refractivity contribution in [2.75, 3.05) is 6.54 Å². The second-order valence-electron chi connectivity index (χ2n) is 7.12. The van der Waals surface area contributed by atoms with Crippen LogP contribution in [-0.2, 0) is 14.8 Å². The second kappa shape index (κ2) is 9.95. The highest BCUT2D eigenvalue weighted by Gasteiger charge is 2.39. The van der Waals surface area contributed by atoms with Gasteiger partial charge in [-0.25, -0.2) is 13.2 Å². The zero-order chi connectivity index (χ0) is 19.0. The second-order valence-corrected chi connectivity index (χ2v) is 8.98.